The highest BCUT2D eigenvalue weighted by molar-refractivity contribution is 7.89. The number of sulfonamides is 1. The van der Waals surface area contributed by atoms with Crippen molar-refractivity contribution in [2.24, 2.45) is 7.05 Å². The van der Waals surface area contributed by atoms with Crippen LogP contribution in [0.2, 0.25) is 0 Å². The largest absolute Gasteiger partial charge is 0.369 e. The molecule has 2 fully saturated rings. The van der Waals surface area contributed by atoms with Crippen LogP contribution in [0.3, 0.4) is 0 Å². The molecule has 0 radical (unpaired) electrons. The van der Waals surface area contributed by atoms with Gasteiger partial charge in [-0.2, -0.15) is 9.40 Å². The summed E-state index contributed by atoms with van der Waals surface area (Å²) in [5.74, 6) is 1.38. The number of rotatable bonds is 5. The Bertz CT molecular complexity index is 917. The third-order valence-corrected chi connectivity index (χ3v) is 7.95. The minimum absolute atomic E-state index is 0.236. The molecule has 4 rings (SSSR count). The lowest BCUT2D eigenvalue weighted by atomic mass is 10.2. The summed E-state index contributed by atoms with van der Waals surface area (Å²) in [6, 6.07) is 7.59. The number of aryl methyl sites for hydroxylation is 2. The second-order valence-corrected chi connectivity index (χ2v) is 9.75. The predicted molar refractivity (Wildman–Crippen MR) is 107 cm³/mol. The second kappa shape index (κ2) is 7.81. The smallest absolute Gasteiger partial charge is 0.217 e. The first-order valence-electron chi connectivity index (χ1n) is 9.78. The van der Waals surface area contributed by atoms with E-state index in [1.807, 2.05) is 38.2 Å². The third-order valence-electron chi connectivity index (χ3n) is 5.58. The van der Waals surface area contributed by atoms with Gasteiger partial charge >= 0.3 is 0 Å². The van der Waals surface area contributed by atoms with E-state index in [2.05, 4.69) is 15.4 Å². The minimum Gasteiger partial charge on any atom is -0.369 e. The van der Waals surface area contributed by atoms with Crippen LogP contribution in [0.4, 0.5) is 11.6 Å². The number of ether oxygens (including phenoxy) is 1. The van der Waals surface area contributed by atoms with Crippen LogP contribution in [-0.2, 0) is 21.8 Å². The van der Waals surface area contributed by atoms with E-state index in [1.54, 1.807) is 8.99 Å². The number of hydrogen-bond acceptors (Lipinski definition) is 6. The number of morpholine rings is 1. The van der Waals surface area contributed by atoms with E-state index in [9.17, 15) is 8.42 Å². The molecule has 9 heteroatoms. The summed E-state index contributed by atoms with van der Waals surface area (Å²) in [4.78, 5) is 4.64. The SMILES string of the molecule is Cc1cc(Nc2cccc([C@H]3CN(S(=O)(=O)C4CCCC4)CCO3)n2)nn1C. The molecule has 0 aromatic carbocycles. The molecule has 3 heterocycles. The van der Waals surface area contributed by atoms with Gasteiger partial charge in [0.1, 0.15) is 11.9 Å². The van der Waals surface area contributed by atoms with E-state index in [1.165, 1.54) is 0 Å². The average Bonchev–Trinajstić information content (AvgIpc) is 3.33. The fraction of sp³-hybridized carbons (Fsp3) is 0.579. The molecule has 1 saturated carbocycles. The first-order valence-corrected chi connectivity index (χ1v) is 11.3. The molecule has 1 aliphatic heterocycles. The van der Waals surface area contributed by atoms with Crippen molar-refractivity contribution >= 4 is 21.7 Å². The van der Waals surface area contributed by atoms with Crippen LogP contribution in [0.5, 0.6) is 0 Å². The van der Waals surface area contributed by atoms with Gasteiger partial charge < -0.3 is 10.1 Å². The zero-order chi connectivity index (χ0) is 19.7. The van der Waals surface area contributed by atoms with Crippen LogP contribution < -0.4 is 5.32 Å². The summed E-state index contributed by atoms with van der Waals surface area (Å²) in [5, 5.41) is 7.35. The standard InChI is InChI=1S/C19H27N5O3S/c1-14-12-19(22-23(14)2)21-18-9-5-8-16(20-18)17-13-24(10-11-27-17)28(25,26)15-6-3-4-7-15/h5,8-9,12,15,17H,3-4,6-7,10-11,13H2,1-2H3,(H,20,21,22)/t17-/m1/s1. The summed E-state index contributed by atoms with van der Waals surface area (Å²) in [6.45, 7) is 3.10. The van der Waals surface area contributed by atoms with Crippen molar-refractivity contribution in [1.82, 2.24) is 19.1 Å². The normalized spacial score (nSPS) is 21.9. The fourth-order valence-electron chi connectivity index (χ4n) is 3.89. The summed E-state index contributed by atoms with van der Waals surface area (Å²) >= 11 is 0. The van der Waals surface area contributed by atoms with E-state index < -0.39 is 10.0 Å². The molecule has 0 spiro atoms. The lowest BCUT2D eigenvalue weighted by Gasteiger charge is -2.33. The number of nitrogens with zero attached hydrogens (tertiary/aromatic N) is 4. The van der Waals surface area contributed by atoms with Crippen molar-refractivity contribution in [1.29, 1.82) is 0 Å². The van der Waals surface area contributed by atoms with Crippen molar-refractivity contribution in [2.45, 2.75) is 44.0 Å². The van der Waals surface area contributed by atoms with E-state index in [0.717, 1.165) is 42.9 Å². The first-order chi connectivity index (χ1) is 13.4. The Kier molecular flexibility index (Phi) is 5.39. The van der Waals surface area contributed by atoms with Crippen LogP contribution in [0.1, 0.15) is 43.2 Å². The van der Waals surface area contributed by atoms with Crippen LogP contribution in [0, 0.1) is 6.92 Å². The zero-order valence-corrected chi connectivity index (χ0v) is 17.2. The van der Waals surface area contributed by atoms with Crippen LogP contribution in [0.15, 0.2) is 24.3 Å². The number of nitrogens with one attached hydrogen (secondary N) is 1. The molecular formula is C19H27N5O3S. The van der Waals surface area contributed by atoms with Crippen molar-refractivity contribution < 1.29 is 13.2 Å². The summed E-state index contributed by atoms with van der Waals surface area (Å²) in [5.41, 5.74) is 1.77. The molecule has 1 saturated heterocycles. The molecule has 2 aromatic heterocycles. The van der Waals surface area contributed by atoms with Crippen LogP contribution in [0.25, 0.3) is 0 Å². The Morgan fingerprint density at radius 2 is 2.00 bits per heavy atom. The van der Waals surface area contributed by atoms with Gasteiger partial charge in [0.05, 0.1) is 17.6 Å². The average molecular weight is 406 g/mol. The number of pyridine rings is 1. The molecular weight excluding hydrogens is 378 g/mol. The lowest BCUT2D eigenvalue weighted by molar-refractivity contribution is -0.00512. The van der Waals surface area contributed by atoms with Crippen LogP contribution >= 0.6 is 0 Å². The molecule has 0 unspecified atom stereocenters. The van der Waals surface area contributed by atoms with Crippen molar-refractivity contribution in [3.05, 3.63) is 35.7 Å². The Labute approximate surface area is 166 Å². The van der Waals surface area contributed by atoms with Crippen molar-refractivity contribution in [2.75, 3.05) is 25.0 Å². The van der Waals surface area contributed by atoms with E-state index in [0.29, 0.717) is 25.5 Å². The maximum atomic E-state index is 12.9. The topological polar surface area (TPSA) is 89.3 Å². The number of anilines is 2. The van der Waals surface area contributed by atoms with Gasteiger partial charge in [-0.15, -0.1) is 0 Å². The van der Waals surface area contributed by atoms with Crippen LogP contribution in [-0.4, -0.2) is 52.4 Å². The molecule has 0 amide bonds. The highest BCUT2D eigenvalue weighted by atomic mass is 32.2. The monoisotopic (exact) mass is 405 g/mol. The zero-order valence-electron chi connectivity index (χ0n) is 16.3. The first kappa shape index (κ1) is 19.4. The molecule has 2 aliphatic rings. The maximum Gasteiger partial charge on any atom is 0.217 e. The van der Waals surface area contributed by atoms with Gasteiger partial charge in [-0.05, 0) is 31.9 Å². The van der Waals surface area contributed by atoms with Gasteiger partial charge in [0, 0.05) is 31.9 Å². The third kappa shape index (κ3) is 3.92. The van der Waals surface area contributed by atoms with Crippen molar-refractivity contribution in [3.63, 3.8) is 0 Å². The van der Waals surface area contributed by atoms with Crippen molar-refractivity contribution in [3.8, 4) is 0 Å². The molecule has 0 bridgehead atoms. The quantitative estimate of drug-likeness (QED) is 0.822. The van der Waals surface area contributed by atoms with E-state index in [4.69, 9.17) is 4.74 Å². The molecule has 8 nitrogen and oxygen atoms in total. The summed E-state index contributed by atoms with van der Waals surface area (Å²) in [7, 11) is -1.38. The Balaban J connectivity index is 1.49. The molecule has 1 N–H and O–H groups in total. The van der Waals surface area contributed by atoms with E-state index in [-0.39, 0.29) is 11.4 Å². The number of aromatic nitrogens is 3. The Morgan fingerprint density at radius 1 is 1.21 bits per heavy atom. The second-order valence-electron chi connectivity index (χ2n) is 7.54. The minimum atomic E-state index is -3.27. The van der Waals surface area contributed by atoms with Gasteiger partial charge in [0.2, 0.25) is 10.0 Å². The van der Waals surface area contributed by atoms with E-state index >= 15 is 0 Å². The molecule has 28 heavy (non-hydrogen) atoms. The predicted octanol–water partition coefficient (Wildman–Crippen LogP) is 2.51. The summed E-state index contributed by atoms with van der Waals surface area (Å²) in [6.07, 6.45) is 3.17. The number of hydrogen-bond donors (Lipinski definition) is 1. The van der Waals surface area contributed by atoms with Gasteiger partial charge in [0.25, 0.3) is 0 Å². The lowest BCUT2D eigenvalue weighted by Crippen LogP contribution is -2.45. The highest BCUT2D eigenvalue weighted by Crippen LogP contribution is 2.30. The maximum absolute atomic E-state index is 12.9. The molecule has 1 atom stereocenters. The Hall–Kier alpha value is -1.97. The molecule has 2 aromatic rings. The van der Waals surface area contributed by atoms with Gasteiger partial charge in [0.15, 0.2) is 5.82 Å². The Morgan fingerprint density at radius 3 is 2.71 bits per heavy atom. The van der Waals surface area contributed by atoms with Gasteiger partial charge in [-0.1, -0.05) is 18.9 Å². The molecule has 1 aliphatic carbocycles. The molecule has 152 valence electrons. The van der Waals surface area contributed by atoms with Gasteiger partial charge in [-0.25, -0.2) is 13.4 Å². The van der Waals surface area contributed by atoms with Gasteiger partial charge in [-0.3, -0.25) is 4.68 Å². The summed E-state index contributed by atoms with van der Waals surface area (Å²) < 4.78 is 35.1. The fourth-order valence-corrected chi connectivity index (χ4v) is 5.91. The highest BCUT2D eigenvalue weighted by Gasteiger charge is 2.37.